The second kappa shape index (κ2) is 7.69. The van der Waals surface area contributed by atoms with E-state index >= 15 is 0 Å². The van der Waals surface area contributed by atoms with Crippen LogP contribution in [0, 0.1) is 0 Å². The quantitative estimate of drug-likeness (QED) is 0.844. The fraction of sp³-hybridized carbons (Fsp3) is 0.529. The van der Waals surface area contributed by atoms with Gasteiger partial charge in [-0.25, -0.2) is 9.78 Å². The molecule has 1 amide bonds. The molecule has 2 aromatic rings. The summed E-state index contributed by atoms with van der Waals surface area (Å²) in [5, 5.41) is 13.1. The normalized spacial score (nSPS) is 15.1. The highest BCUT2D eigenvalue weighted by Crippen LogP contribution is 2.29. The van der Waals surface area contributed by atoms with Crippen LogP contribution in [0.3, 0.4) is 0 Å². The van der Waals surface area contributed by atoms with Crippen LogP contribution in [0.1, 0.15) is 26.6 Å². The molecule has 10 heteroatoms. The number of aliphatic hydroxyl groups is 1. The zero-order chi connectivity index (χ0) is 19.6. The van der Waals surface area contributed by atoms with Gasteiger partial charge in [-0.15, -0.1) is 0 Å². The maximum atomic E-state index is 12.2. The Morgan fingerprint density at radius 2 is 2.04 bits per heavy atom. The highest BCUT2D eigenvalue weighted by Gasteiger charge is 2.27. The second-order valence-corrected chi connectivity index (χ2v) is 7.56. The summed E-state index contributed by atoms with van der Waals surface area (Å²) in [6.45, 7) is 7.49. The predicted octanol–water partition coefficient (Wildman–Crippen LogP) is 2.33. The fourth-order valence-electron chi connectivity index (χ4n) is 2.64. The van der Waals surface area contributed by atoms with Crippen molar-refractivity contribution in [2.24, 2.45) is 0 Å². The summed E-state index contributed by atoms with van der Waals surface area (Å²) in [4.78, 5) is 24.3. The summed E-state index contributed by atoms with van der Waals surface area (Å²) in [7, 11) is 0. The van der Waals surface area contributed by atoms with Crippen molar-refractivity contribution in [3.05, 3.63) is 23.1 Å². The number of nitrogens with zero attached hydrogens (tertiary/aromatic N) is 5. The largest absolute Gasteiger partial charge is 0.444 e. The molecule has 0 bridgehead atoms. The first-order valence-electron chi connectivity index (χ1n) is 8.59. The minimum absolute atomic E-state index is 0.198. The molecule has 1 N–H and O–H groups in total. The van der Waals surface area contributed by atoms with Crippen LogP contribution in [0.4, 0.5) is 10.6 Å². The van der Waals surface area contributed by atoms with E-state index < -0.39 is 5.60 Å². The molecule has 0 aromatic carbocycles. The Kier molecular flexibility index (Phi) is 5.52. The Bertz CT molecular complexity index is 812. The number of halogens is 1. The average Bonchev–Trinajstić information content (AvgIpc) is 3.09. The van der Waals surface area contributed by atoms with Gasteiger partial charge in [0.15, 0.2) is 5.82 Å². The van der Waals surface area contributed by atoms with Crippen LogP contribution in [-0.4, -0.2) is 63.0 Å². The number of carbonyl (C=O) groups is 1. The number of carbonyl (C=O) groups excluding carboxylic acids is 1. The van der Waals surface area contributed by atoms with Crippen molar-refractivity contribution in [3.8, 4) is 11.5 Å². The molecule has 0 saturated carbocycles. The van der Waals surface area contributed by atoms with Crippen LogP contribution in [0.15, 0.2) is 16.8 Å². The number of aromatic nitrogens is 3. The Labute approximate surface area is 161 Å². The smallest absolute Gasteiger partial charge is 0.410 e. The van der Waals surface area contributed by atoms with E-state index in [4.69, 9.17) is 26.0 Å². The molecule has 1 aliphatic rings. The maximum absolute atomic E-state index is 12.2. The fourth-order valence-corrected chi connectivity index (χ4v) is 2.93. The van der Waals surface area contributed by atoms with Gasteiger partial charge in [0.1, 0.15) is 18.0 Å². The molecule has 3 heterocycles. The topological polar surface area (TPSA) is 105 Å². The summed E-state index contributed by atoms with van der Waals surface area (Å²) >= 11 is 6.39. The van der Waals surface area contributed by atoms with Crippen molar-refractivity contribution in [1.82, 2.24) is 20.0 Å². The molecule has 1 saturated heterocycles. The first kappa shape index (κ1) is 19.4. The van der Waals surface area contributed by atoms with Crippen molar-refractivity contribution >= 4 is 23.5 Å². The zero-order valence-electron chi connectivity index (χ0n) is 15.5. The van der Waals surface area contributed by atoms with Gasteiger partial charge in [-0.05, 0) is 26.8 Å². The van der Waals surface area contributed by atoms with E-state index in [2.05, 4.69) is 15.1 Å². The molecule has 0 radical (unpaired) electrons. The van der Waals surface area contributed by atoms with Crippen LogP contribution >= 0.6 is 11.6 Å². The SMILES string of the molecule is CC(C)(C)OC(=O)N1CCN(c2ncc(-c3nc(CO)no3)cc2Cl)CC1. The van der Waals surface area contributed by atoms with Gasteiger partial charge in [0.25, 0.3) is 5.89 Å². The number of hydrogen-bond acceptors (Lipinski definition) is 8. The molecule has 146 valence electrons. The van der Waals surface area contributed by atoms with Crippen molar-refractivity contribution in [3.63, 3.8) is 0 Å². The number of ether oxygens (including phenoxy) is 1. The van der Waals surface area contributed by atoms with E-state index in [0.717, 1.165) is 0 Å². The predicted molar refractivity (Wildman–Crippen MR) is 98.5 cm³/mol. The highest BCUT2D eigenvalue weighted by atomic mass is 35.5. The Hall–Kier alpha value is -2.39. The third-order valence-corrected chi connectivity index (χ3v) is 4.19. The van der Waals surface area contributed by atoms with Gasteiger partial charge in [0.05, 0.1) is 10.6 Å². The van der Waals surface area contributed by atoms with Crippen molar-refractivity contribution < 1.29 is 19.2 Å². The summed E-state index contributed by atoms with van der Waals surface area (Å²) in [5.74, 6) is 1.07. The van der Waals surface area contributed by atoms with Gasteiger partial charge in [0.2, 0.25) is 0 Å². The zero-order valence-corrected chi connectivity index (χ0v) is 16.2. The lowest BCUT2D eigenvalue weighted by Gasteiger charge is -2.36. The molecule has 0 atom stereocenters. The van der Waals surface area contributed by atoms with Crippen LogP contribution < -0.4 is 4.90 Å². The van der Waals surface area contributed by atoms with Crippen molar-refractivity contribution in [2.45, 2.75) is 33.0 Å². The molecule has 0 aliphatic carbocycles. The van der Waals surface area contributed by atoms with Gasteiger partial charge < -0.3 is 24.2 Å². The van der Waals surface area contributed by atoms with E-state index in [1.165, 1.54) is 0 Å². The third kappa shape index (κ3) is 4.67. The van der Waals surface area contributed by atoms with Gasteiger partial charge in [-0.2, -0.15) is 4.98 Å². The number of amides is 1. The second-order valence-electron chi connectivity index (χ2n) is 7.16. The number of hydrogen-bond donors (Lipinski definition) is 1. The molecule has 9 nitrogen and oxygen atoms in total. The van der Waals surface area contributed by atoms with E-state index in [-0.39, 0.29) is 24.4 Å². The number of piperazine rings is 1. The maximum Gasteiger partial charge on any atom is 0.410 e. The van der Waals surface area contributed by atoms with Gasteiger partial charge in [0, 0.05) is 32.4 Å². The molecule has 27 heavy (non-hydrogen) atoms. The standard InChI is InChI=1S/C17H22ClN5O4/c1-17(2,3)26-16(25)23-6-4-22(5-7-23)14-12(18)8-11(9-19-14)15-20-13(10-24)21-27-15/h8-9,24H,4-7,10H2,1-3H3. The van der Waals surface area contributed by atoms with Gasteiger partial charge >= 0.3 is 6.09 Å². The molecule has 0 unspecified atom stereocenters. The Balaban J connectivity index is 1.65. The van der Waals surface area contributed by atoms with Crippen molar-refractivity contribution in [1.29, 1.82) is 0 Å². The minimum atomic E-state index is -0.514. The third-order valence-electron chi connectivity index (χ3n) is 3.91. The van der Waals surface area contributed by atoms with Crippen molar-refractivity contribution in [2.75, 3.05) is 31.1 Å². The lowest BCUT2D eigenvalue weighted by atomic mass is 10.2. The van der Waals surface area contributed by atoms with Crippen LogP contribution in [0.25, 0.3) is 11.5 Å². The Morgan fingerprint density at radius 1 is 1.33 bits per heavy atom. The number of anilines is 1. The average molecular weight is 396 g/mol. The number of rotatable bonds is 3. The summed E-state index contributed by atoms with van der Waals surface area (Å²) < 4.78 is 10.5. The lowest BCUT2D eigenvalue weighted by molar-refractivity contribution is 0.0240. The van der Waals surface area contributed by atoms with Crippen LogP contribution in [0.2, 0.25) is 5.02 Å². The minimum Gasteiger partial charge on any atom is -0.444 e. The molecule has 0 spiro atoms. The monoisotopic (exact) mass is 395 g/mol. The summed E-state index contributed by atoms with van der Waals surface area (Å²) in [5.41, 5.74) is 0.0582. The number of aliphatic hydroxyl groups excluding tert-OH is 1. The molecule has 1 fully saturated rings. The molecular weight excluding hydrogens is 374 g/mol. The number of pyridine rings is 1. The summed E-state index contributed by atoms with van der Waals surface area (Å²) in [6, 6.07) is 1.69. The molecule has 1 aliphatic heterocycles. The van der Waals surface area contributed by atoms with Crippen LogP contribution in [-0.2, 0) is 11.3 Å². The van der Waals surface area contributed by atoms with Gasteiger partial charge in [-0.3, -0.25) is 0 Å². The molecule has 2 aromatic heterocycles. The van der Waals surface area contributed by atoms with E-state index in [1.807, 2.05) is 25.7 Å². The molecule has 3 rings (SSSR count). The summed E-state index contributed by atoms with van der Waals surface area (Å²) in [6.07, 6.45) is 1.28. The van der Waals surface area contributed by atoms with E-state index in [0.29, 0.717) is 42.6 Å². The first-order chi connectivity index (χ1) is 12.8. The van der Waals surface area contributed by atoms with Crippen LogP contribution in [0.5, 0.6) is 0 Å². The Morgan fingerprint density at radius 3 is 2.59 bits per heavy atom. The highest BCUT2D eigenvalue weighted by molar-refractivity contribution is 6.33. The lowest BCUT2D eigenvalue weighted by Crippen LogP contribution is -2.50. The van der Waals surface area contributed by atoms with E-state index in [1.54, 1.807) is 17.2 Å². The molecular formula is C17H22ClN5O4. The van der Waals surface area contributed by atoms with E-state index in [9.17, 15) is 4.79 Å². The van der Waals surface area contributed by atoms with Gasteiger partial charge in [-0.1, -0.05) is 16.8 Å². The first-order valence-corrected chi connectivity index (χ1v) is 8.97.